The second-order valence-corrected chi connectivity index (χ2v) is 27.8. The van der Waals surface area contributed by atoms with Crippen molar-refractivity contribution in [2.75, 3.05) is 74.3 Å². The first-order valence-corrected chi connectivity index (χ1v) is 34.4. The van der Waals surface area contributed by atoms with Crippen LogP contribution in [0.3, 0.4) is 0 Å². The van der Waals surface area contributed by atoms with E-state index in [2.05, 4.69) is 0 Å². The summed E-state index contributed by atoms with van der Waals surface area (Å²) in [5.74, 6) is -5.34. The van der Waals surface area contributed by atoms with Gasteiger partial charge in [0.05, 0.1) is 69.1 Å². The summed E-state index contributed by atoms with van der Waals surface area (Å²) < 4.78 is 146. The van der Waals surface area contributed by atoms with E-state index in [-0.39, 0.29) is 127 Å². The maximum atomic E-state index is 16.2. The molecule has 2 aliphatic rings. The number of halogens is 8. The molecule has 2 aliphatic heterocycles. The van der Waals surface area contributed by atoms with Crippen molar-refractivity contribution in [3.05, 3.63) is 172 Å². The van der Waals surface area contributed by atoms with Gasteiger partial charge in [0.2, 0.25) is 0 Å². The molecular formula is C78H99F8LiN4O14. The van der Waals surface area contributed by atoms with Crippen molar-refractivity contribution in [2.45, 2.75) is 176 Å². The van der Waals surface area contributed by atoms with E-state index in [1.54, 1.807) is 73.5 Å². The van der Waals surface area contributed by atoms with E-state index < -0.39 is 106 Å². The van der Waals surface area contributed by atoms with Crippen LogP contribution in [0.4, 0.5) is 35.1 Å². The summed E-state index contributed by atoms with van der Waals surface area (Å²) in [6.07, 6.45) is -8.75. The Morgan fingerprint density at radius 3 is 1.23 bits per heavy atom. The quantitative estimate of drug-likeness (QED) is 0.0241. The van der Waals surface area contributed by atoms with Crippen LogP contribution in [0.15, 0.2) is 82.6 Å². The minimum absolute atomic E-state index is 0. The zero-order valence-electron chi connectivity index (χ0n) is 62.9. The molecule has 27 heteroatoms. The predicted octanol–water partition coefficient (Wildman–Crippen LogP) is 11.1. The third kappa shape index (κ3) is 22.5. The van der Waals surface area contributed by atoms with Crippen molar-refractivity contribution in [3.8, 4) is 33.8 Å². The Labute approximate surface area is 620 Å². The number of carboxylic acid groups (broad SMARTS) is 1. The van der Waals surface area contributed by atoms with Crippen LogP contribution in [0, 0.1) is 65.0 Å². The van der Waals surface area contributed by atoms with E-state index in [1.807, 2.05) is 89.5 Å². The first kappa shape index (κ1) is 89.9. The Kier molecular flexibility index (Phi) is 33.2. The van der Waals surface area contributed by atoms with E-state index >= 15 is 8.78 Å². The Morgan fingerprint density at radius 1 is 0.552 bits per heavy atom. The average molecular weight is 1480 g/mol. The second-order valence-electron chi connectivity index (χ2n) is 27.8. The van der Waals surface area contributed by atoms with Gasteiger partial charge in [-0.15, -0.1) is 0 Å². The molecule has 8 rings (SSSR count). The van der Waals surface area contributed by atoms with Gasteiger partial charge in [0, 0.05) is 103 Å². The van der Waals surface area contributed by atoms with Gasteiger partial charge in [0.1, 0.15) is 23.1 Å². The molecule has 4 N–H and O–H groups in total. The number of nitrogens with zero attached hydrogens (tertiary/aromatic N) is 4. The number of esters is 1. The zero-order chi connectivity index (χ0) is 75.6. The summed E-state index contributed by atoms with van der Waals surface area (Å²) >= 11 is 0. The van der Waals surface area contributed by atoms with Crippen molar-refractivity contribution in [1.29, 1.82) is 0 Å². The summed E-state index contributed by atoms with van der Waals surface area (Å²) in [6.45, 7) is 22.7. The molecule has 18 nitrogen and oxygen atoms in total. The molecule has 6 aromatic rings. The van der Waals surface area contributed by atoms with Gasteiger partial charge >= 0.3 is 43.2 Å². The molecule has 2 aromatic heterocycles. The van der Waals surface area contributed by atoms with Crippen LogP contribution < -0.4 is 39.5 Å². The average Bonchev–Trinajstić information content (AvgIpc) is 0.792. The number of carbonyl (C=O) groups is 4. The van der Waals surface area contributed by atoms with Gasteiger partial charge in [-0.05, 0) is 200 Å². The van der Waals surface area contributed by atoms with Crippen LogP contribution >= 0.6 is 0 Å². The SMILES string of the molecule is CCOC(=O)C[C@H](CC(=O)C(CC(C)C)n1cc(CCN2CC(OC)C2)c(C(F)(F)F)cc1=O)c1cc(-c2c(C)ccc(OC)c2C)cc(C)c1F.COc1ccc(C)c(-c2cc(C)c(F)c([C@H](CC(=O)O)CC(=O)C(CC(C)C)n3cc(CCN4CC(OC)C4)c(C(F)(F)F)cc3=O)c2)c1C.O.[Li+].[OH-]. The van der Waals surface area contributed by atoms with Crippen LogP contribution in [0.5, 0.6) is 11.5 Å². The number of rotatable bonds is 31. The monoisotopic (exact) mass is 1470 g/mol. The molecule has 0 amide bonds. The summed E-state index contributed by atoms with van der Waals surface area (Å²) in [5.41, 5.74) is 2.77. The minimum atomic E-state index is -4.79. The minimum Gasteiger partial charge on any atom is -0.870 e. The molecular weight excluding hydrogens is 1380 g/mol. The number of likely N-dealkylation sites (tertiary alicyclic amines) is 2. The molecule has 0 aliphatic carbocycles. The second kappa shape index (κ2) is 38.8. The molecule has 2 fully saturated rings. The number of hydrogen-bond acceptors (Lipinski definition) is 14. The maximum absolute atomic E-state index is 16.2. The molecule has 0 spiro atoms. The van der Waals surface area contributed by atoms with E-state index in [0.717, 1.165) is 54.9 Å². The number of ether oxygens (including phenoxy) is 5. The van der Waals surface area contributed by atoms with Gasteiger partial charge in [-0.1, -0.05) is 39.8 Å². The van der Waals surface area contributed by atoms with Crippen LogP contribution in [0.25, 0.3) is 22.3 Å². The molecule has 0 bridgehead atoms. The largest absolute Gasteiger partial charge is 1.00 e. The molecule has 4 heterocycles. The van der Waals surface area contributed by atoms with Crippen LogP contribution in [0.1, 0.15) is 164 Å². The van der Waals surface area contributed by atoms with Gasteiger partial charge in [0.15, 0.2) is 11.6 Å². The molecule has 2 unspecified atom stereocenters. The molecule has 105 heavy (non-hydrogen) atoms. The summed E-state index contributed by atoms with van der Waals surface area (Å²) in [7, 11) is 6.25. The van der Waals surface area contributed by atoms with Crippen molar-refractivity contribution in [3.63, 3.8) is 0 Å². The van der Waals surface area contributed by atoms with Gasteiger partial charge in [-0.3, -0.25) is 38.6 Å². The fraction of sp³-hybridized carbons (Fsp3) is 0.513. The molecule has 4 atom stereocenters. The Bertz CT molecular complexity index is 4130. The molecule has 572 valence electrons. The fourth-order valence-electron chi connectivity index (χ4n) is 14.0. The number of aliphatic carboxylic acids is 1. The number of ketones is 2. The number of Topliss-reactive ketones (excluding diaryl/α,β-unsaturated/α-hetero) is 2. The van der Waals surface area contributed by atoms with Gasteiger partial charge < -0.3 is 48.9 Å². The van der Waals surface area contributed by atoms with Crippen molar-refractivity contribution < 1.29 is 113 Å². The molecule has 2 saturated heterocycles. The Balaban J connectivity index is 0.000000432. The summed E-state index contributed by atoms with van der Waals surface area (Å²) in [5, 5.41) is 9.89. The molecule has 0 radical (unpaired) electrons. The Morgan fingerprint density at radius 2 is 0.914 bits per heavy atom. The van der Waals surface area contributed by atoms with Gasteiger partial charge in [0.25, 0.3) is 11.1 Å². The first-order chi connectivity index (χ1) is 47.9. The topological polar surface area (TPSA) is 247 Å². The Hall–Kier alpha value is -7.54. The number of alkyl halides is 6. The number of methoxy groups -OCH3 is 4. The maximum Gasteiger partial charge on any atom is 1.00 e. The number of hydrogen-bond donors (Lipinski definition) is 1. The third-order valence-electron chi connectivity index (χ3n) is 19.4. The first-order valence-electron chi connectivity index (χ1n) is 34.4. The fourth-order valence-corrected chi connectivity index (χ4v) is 14.0. The standard InChI is InChI=1S/C40H50F4N2O6.C38H46F4N2O6.Li.2H2O/c1-9-52-37(49)18-28(31-16-29(15-25(5)39(31)41)38-24(4)10-11-35(51-8)26(38)6)17-34(47)33(14-23(2)3)46-20-27(12-13-45-21-30(22-45)50-7)32(19-36(46)48)40(42,43)44;1-21(2)12-31(44-18-25(10-11-43-19-28(20-43)49-6)30(17-34(44)46)38(40,41)42)32(45)15-26(16-35(47)48)29-14-27(13-23(4)37(29)39)36-22(3)8-9-33(50-7)24(36)5;;;/h10-11,15-16,19-20,23,28,30,33H,9,12-14,17-18,21-22H2,1-8H3;8-9,13-14,17-18,21,26,28,31H,10-12,15-16,19-20H2,1-7H3,(H,47,48);;2*1H2/q;;+1;;/p-1/t28-,33?;26-,31?;;;/m00.../s1. The van der Waals surface area contributed by atoms with Crippen molar-refractivity contribution in [2.24, 2.45) is 11.8 Å². The normalized spacial score (nSPS) is 14.7. The predicted molar refractivity (Wildman–Crippen MR) is 379 cm³/mol. The van der Waals surface area contributed by atoms with Gasteiger partial charge in [-0.25, -0.2) is 8.78 Å². The van der Waals surface area contributed by atoms with Crippen LogP contribution in [-0.2, 0) is 58.6 Å². The number of aryl methyl sites for hydroxylation is 4. The number of carboxylic acids is 1. The smallest absolute Gasteiger partial charge is 0.870 e. The molecule has 4 aromatic carbocycles. The number of benzene rings is 4. The number of carbonyl (C=O) groups excluding carboxylic acids is 3. The summed E-state index contributed by atoms with van der Waals surface area (Å²) in [4.78, 5) is 84.3. The summed E-state index contributed by atoms with van der Waals surface area (Å²) in [6, 6.07) is 12.7. The van der Waals surface area contributed by atoms with Gasteiger partial charge in [-0.2, -0.15) is 26.3 Å². The van der Waals surface area contributed by atoms with Crippen LogP contribution in [-0.4, -0.2) is 145 Å². The van der Waals surface area contributed by atoms with E-state index in [0.29, 0.717) is 79.6 Å². The zero-order valence-corrected chi connectivity index (χ0v) is 62.9. The van der Waals surface area contributed by atoms with Crippen LogP contribution in [0.2, 0.25) is 0 Å². The van der Waals surface area contributed by atoms with E-state index in [1.165, 1.54) is 0 Å². The van der Waals surface area contributed by atoms with Crippen molar-refractivity contribution >= 4 is 23.5 Å². The third-order valence-corrected chi connectivity index (χ3v) is 19.4. The van der Waals surface area contributed by atoms with Crippen molar-refractivity contribution in [1.82, 2.24) is 18.9 Å². The van der Waals surface area contributed by atoms with E-state index in [4.69, 9.17) is 23.7 Å². The number of pyridine rings is 2. The molecule has 0 saturated carbocycles. The number of aromatic nitrogens is 2. The van der Waals surface area contributed by atoms with E-state index in [9.17, 15) is 60.2 Å².